The number of hydrogen-bond donors (Lipinski definition) is 0. The number of nitrogens with zero attached hydrogens (tertiary/aromatic N) is 3. The summed E-state index contributed by atoms with van der Waals surface area (Å²) >= 11 is 8.12. The Balaban J connectivity index is 1.64. The van der Waals surface area contributed by atoms with E-state index in [-0.39, 0.29) is 17.1 Å². The smallest absolute Gasteiger partial charge is 0.278 e. The first-order valence-corrected chi connectivity index (χ1v) is 13.5. The molecular formula is C27H21N3O3S3. The fourth-order valence-electron chi connectivity index (χ4n) is 3.76. The van der Waals surface area contributed by atoms with Gasteiger partial charge in [-0.25, -0.2) is 4.98 Å². The van der Waals surface area contributed by atoms with Gasteiger partial charge in [0, 0.05) is 11.3 Å². The van der Waals surface area contributed by atoms with E-state index in [4.69, 9.17) is 21.9 Å². The SMILES string of the molecule is CCOc1ccc(-n2c(=S)sc3c(=O)n(-c4ccccc4)c(SCC(=O)c4ccccc4)nc32)cc1. The van der Waals surface area contributed by atoms with Crippen molar-refractivity contribution >= 4 is 51.4 Å². The zero-order valence-electron chi connectivity index (χ0n) is 19.3. The van der Waals surface area contributed by atoms with Gasteiger partial charge in [-0.05, 0) is 55.5 Å². The van der Waals surface area contributed by atoms with Gasteiger partial charge in [-0.3, -0.25) is 18.7 Å². The Bertz CT molecular complexity index is 1640. The number of hydrogen-bond acceptors (Lipinski definition) is 7. The van der Waals surface area contributed by atoms with E-state index in [2.05, 4.69) is 0 Å². The van der Waals surface area contributed by atoms with Gasteiger partial charge in [0.05, 0.1) is 18.0 Å². The normalized spacial score (nSPS) is 11.0. The van der Waals surface area contributed by atoms with Crippen molar-refractivity contribution in [2.45, 2.75) is 12.1 Å². The van der Waals surface area contributed by atoms with Gasteiger partial charge in [0.1, 0.15) is 10.4 Å². The maximum atomic E-state index is 13.8. The molecule has 9 heteroatoms. The highest BCUT2D eigenvalue weighted by molar-refractivity contribution is 7.99. The molecule has 0 saturated carbocycles. The van der Waals surface area contributed by atoms with Crippen LogP contribution in [0.5, 0.6) is 5.75 Å². The zero-order chi connectivity index (χ0) is 25.1. The summed E-state index contributed by atoms with van der Waals surface area (Å²) in [5.41, 5.74) is 2.34. The summed E-state index contributed by atoms with van der Waals surface area (Å²) < 4.78 is 9.87. The van der Waals surface area contributed by atoms with E-state index in [0.717, 1.165) is 11.4 Å². The first-order chi connectivity index (χ1) is 17.6. The van der Waals surface area contributed by atoms with Gasteiger partial charge in [0.15, 0.2) is 20.5 Å². The van der Waals surface area contributed by atoms with Gasteiger partial charge in [-0.2, -0.15) is 0 Å². The van der Waals surface area contributed by atoms with Crippen LogP contribution in [0, 0.1) is 3.95 Å². The molecule has 0 spiro atoms. The maximum absolute atomic E-state index is 13.8. The third-order valence-corrected chi connectivity index (χ3v) is 7.72. The number of benzene rings is 3. The van der Waals surface area contributed by atoms with Crippen LogP contribution in [0.25, 0.3) is 21.7 Å². The average Bonchev–Trinajstić information content (AvgIpc) is 3.25. The van der Waals surface area contributed by atoms with Crippen LogP contribution in [0.2, 0.25) is 0 Å². The number of ether oxygens (including phenoxy) is 1. The van der Waals surface area contributed by atoms with E-state index in [0.29, 0.717) is 37.3 Å². The summed E-state index contributed by atoms with van der Waals surface area (Å²) in [6.07, 6.45) is 0. The third kappa shape index (κ3) is 4.77. The number of thiazole rings is 1. The van der Waals surface area contributed by atoms with Crippen LogP contribution in [0.1, 0.15) is 17.3 Å². The second-order valence-electron chi connectivity index (χ2n) is 7.73. The quantitative estimate of drug-likeness (QED) is 0.101. The molecule has 0 saturated heterocycles. The van der Waals surface area contributed by atoms with E-state index in [1.165, 1.54) is 23.1 Å². The summed E-state index contributed by atoms with van der Waals surface area (Å²) in [4.78, 5) is 31.5. The molecule has 3 aromatic carbocycles. The lowest BCUT2D eigenvalue weighted by Crippen LogP contribution is -2.22. The van der Waals surface area contributed by atoms with Crippen molar-refractivity contribution in [3.8, 4) is 17.1 Å². The van der Waals surface area contributed by atoms with Crippen molar-refractivity contribution in [3.63, 3.8) is 0 Å². The molecule has 0 N–H and O–H groups in total. The largest absolute Gasteiger partial charge is 0.494 e. The van der Waals surface area contributed by atoms with Gasteiger partial charge >= 0.3 is 0 Å². The van der Waals surface area contributed by atoms with Gasteiger partial charge in [0.25, 0.3) is 5.56 Å². The molecule has 0 aliphatic carbocycles. The van der Waals surface area contributed by atoms with Gasteiger partial charge < -0.3 is 4.74 Å². The van der Waals surface area contributed by atoms with Crippen molar-refractivity contribution in [1.82, 2.24) is 14.1 Å². The molecule has 2 aromatic heterocycles. The first kappa shape index (κ1) is 24.2. The van der Waals surface area contributed by atoms with Crippen molar-refractivity contribution in [2.24, 2.45) is 0 Å². The van der Waals surface area contributed by atoms with Gasteiger partial charge in [-0.1, -0.05) is 71.6 Å². The summed E-state index contributed by atoms with van der Waals surface area (Å²) in [5.74, 6) is 0.855. The Kier molecular flexibility index (Phi) is 7.13. The molecule has 0 atom stereocenters. The fourth-order valence-corrected chi connectivity index (χ4v) is 5.96. The molecule has 6 nitrogen and oxygen atoms in total. The minimum Gasteiger partial charge on any atom is -0.494 e. The summed E-state index contributed by atoms with van der Waals surface area (Å²) in [6.45, 7) is 2.50. The highest BCUT2D eigenvalue weighted by Gasteiger charge is 2.20. The summed E-state index contributed by atoms with van der Waals surface area (Å²) in [6, 6.07) is 25.9. The molecule has 5 aromatic rings. The average molecular weight is 532 g/mol. The number of Topliss-reactive ketones (excluding diaryl/α,β-unsaturated/α-hetero) is 1. The van der Waals surface area contributed by atoms with Crippen molar-refractivity contribution < 1.29 is 9.53 Å². The number of thioether (sulfide) groups is 1. The van der Waals surface area contributed by atoms with E-state index in [9.17, 15) is 9.59 Å². The van der Waals surface area contributed by atoms with Crippen molar-refractivity contribution in [2.75, 3.05) is 12.4 Å². The topological polar surface area (TPSA) is 66.1 Å². The van der Waals surface area contributed by atoms with E-state index in [1.807, 2.05) is 79.7 Å². The van der Waals surface area contributed by atoms with Crippen LogP contribution in [-0.2, 0) is 0 Å². The fraction of sp³-hybridized carbons (Fsp3) is 0.111. The third-order valence-electron chi connectivity index (χ3n) is 5.43. The van der Waals surface area contributed by atoms with Crippen molar-refractivity contribution in [1.29, 1.82) is 0 Å². The molecule has 2 heterocycles. The lowest BCUT2D eigenvalue weighted by Gasteiger charge is -2.13. The van der Waals surface area contributed by atoms with E-state index >= 15 is 0 Å². The Morgan fingerprint density at radius 3 is 2.25 bits per heavy atom. The molecule has 36 heavy (non-hydrogen) atoms. The second kappa shape index (κ2) is 10.6. The monoisotopic (exact) mass is 531 g/mol. The Labute approximate surface area is 220 Å². The highest BCUT2D eigenvalue weighted by atomic mass is 32.2. The number of para-hydroxylation sites is 1. The van der Waals surface area contributed by atoms with E-state index < -0.39 is 0 Å². The minimum atomic E-state index is -0.221. The predicted octanol–water partition coefficient (Wildman–Crippen LogP) is 6.34. The minimum absolute atomic E-state index is 0.0387. The van der Waals surface area contributed by atoms with Crippen LogP contribution >= 0.6 is 35.3 Å². The molecule has 0 fully saturated rings. The second-order valence-corrected chi connectivity index (χ2v) is 10.3. The molecule has 0 radical (unpaired) electrons. The summed E-state index contributed by atoms with van der Waals surface area (Å²) in [7, 11) is 0. The highest BCUT2D eigenvalue weighted by Crippen LogP contribution is 2.28. The lowest BCUT2D eigenvalue weighted by atomic mass is 10.2. The lowest BCUT2D eigenvalue weighted by molar-refractivity contribution is 0.102. The van der Waals surface area contributed by atoms with Crippen LogP contribution in [-0.4, -0.2) is 32.3 Å². The molecule has 0 bridgehead atoms. The molecule has 0 amide bonds. The van der Waals surface area contributed by atoms with Crippen LogP contribution < -0.4 is 10.3 Å². The molecule has 180 valence electrons. The number of aromatic nitrogens is 3. The molecule has 0 aliphatic heterocycles. The van der Waals surface area contributed by atoms with Gasteiger partial charge in [0.2, 0.25) is 0 Å². The predicted molar refractivity (Wildman–Crippen MR) is 148 cm³/mol. The molecular weight excluding hydrogens is 511 g/mol. The molecule has 0 aliphatic rings. The van der Waals surface area contributed by atoms with E-state index in [1.54, 1.807) is 21.3 Å². The number of rotatable bonds is 8. The Hall–Kier alpha value is -3.53. The van der Waals surface area contributed by atoms with Gasteiger partial charge in [-0.15, -0.1) is 0 Å². The first-order valence-electron chi connectivity index (χ1n) is 11.2. The van der Waals surface area contributed by atoms with Crippen LogP contribution in [0.15, 0.2) is 94.9 Å². The Morgan fingerprint density at radius 1 is 0.944 bits per heavy atom. The maximum Gasteiger partial charge on any atom is 0.278 e. The molecule has 0 unspecified atom stereocenters. The standard InChI is InChI=1S/C27H21N3O3S3/c1-2-33-21-15-13-20(14-16-21)29-24-23(36-27(29)34)25(32)30(19-11-7-4-8-12-19)26(28-24)35-17-22(31)18-9-5-3-6-10-18/h3-16H,2,17H2,1H3. The molecule has 5 rings (SSSR count). The Morgan fingerprint density at radius 2 is 1.58 bits per heavy atom. The number of carbonyl (C=O) groups is 1. The van der Waals surface area contributed by atoms with Crippen LogP contribution in [0.4, 0.5) is 0 Å². The number of fused-ring (bicyclic) bond motifs is 1. The summed E-state index contributed by atoms with van der Waals surface area (Å²) in [5, 5.41) is 0.426. The number of ketones is 1. The number of carbonyl (C=O) groups excluding carboxylic acids is 1. The van der Waals surface area contributed by atoms with Crippen LogP contribution in [0.3, 0.4) is 0 Å². The van der Waals surface area contributed by atoms with Crippen molar-refractivity contribution in [3.05, 3.63) is 105 Å². The zero-order valence-corrected chi connectivity index (χ0v) is 21.7.